The fourth-order valence-corrected chi connectivity index (χ4v) is 1.95. The molecule has 0 aliphatic carbocycles. The van der Waals surface area contributed by atoms with E-state index in [4.69, 9.17) is 4.74 Å². The fraction of sp³-hybridized carbons (Fsp3) is 0.176. The highest BCUT2D eigenvalue weighted by Gasteiger charge is 2.31. The van der Waals surface area contributed by atoms with Crippen molar-refractivity contribution in [3.63, 3.8) is 0 Å². The summed E-state index contributed by atoms with van der Waals surface area (Å²) in [7, 11) is 0. The van der Waals surface area contributed by atoms with Crippen molar-refractivity contribution in [3.8, 4) is 0 Å². The highest BCUT2D eigenvalue weighted by molar-refractivity contribution is 5.97. The number of amides is 1. The lowest BCUT2D eigenvalue weighted by molar-refractivity contribution is -0.137. The normalized spacial score (nSPS) is 12.4. The summed E-state index contributed by atoms with van der Waals surface area (Å²) in [4.78, 5) is 23.8. The summed E-state index contributed by atoms with van der Waals surface area (Å²) in [5.41, 5.74) is -2.20. The minimum absolute atomic E-state index is 0.420. The van der Waals surface area contributed by atoms with Crippen LogP contribution in [-0.2, 0) is 15.7 Å². The minimum Gasteiger partial charge on any atom is -0.449 e. The summed E-state index contributed by atoms with van der Waals surface area (Å²) in [6.07, 6.45) is -6.15. The van der Waals surface area contributed by atoms with E-state index in [-0.39, 0.29) is 0 Å². The van der Waals surface area contributed by atoms with Crippen molar-refractivity contribution < 1.29 is 36.3 Å². The summed E-state index contributed by atoms with van der Waals surface area (Å²) >= 11 is 0. The fourth-order valence-electron chi connectivity index (χ4n) is 1.95. The molecule has 0 heterocycles. The van der Waals surface area contributed by atoms with Gasteiger partial charge in [-0.2, -0.15) is 13.2 Å². The second kappa shape index (κ2) is 7.51. The Morgan fingerprint density at radius 2 is 1.62 bits per heavy atom. The summed E-state index contributed by atoms with van der Waals surface area (Å²) < 4.78 is 69.7. The van der Waals surface area contributed by atoms with E-state index in [0.717, 1.165) is 43.3 Å². The van der Waals surface area contributed by atoms with Gasteiger partial charge in [0.15, 0.2) is 6.10 Å². The summed E-state index contributed by atoms with van der Waals surface area (Å²) in [5.74, 6) is -4.30. The van der Waals surface area contributed by atoms with Crippen molar-refractivity contribution in [1.29, 1.82) is 0 Å². The monoisotopic (exact) mass is 373 g/mol. The summed E-state index contributed by atoms with van der Waals surface area (Å²) in [5, 5.41) is 1.92. The SMILES string of the molecule is CC(OC(=O)c1cccc(C(F)(F)F)c1)C(=O)Nc1c(F)cccc1F. The third-order valence-electron chi connectivity index (χ3n) is 3.29. The van der Waals surface area contributed by atoms with Crippen LogP contribution in [0.15, 0.2) is 42.5 Å². The van der Waals surface area contributed by atoms with Crippen molar-refractivity contribution in [1.82, 2.24) is 0 Å². The van der Waals surface area contributed by atoms with Gasteiger partial charge in [-0.1, -0.05) is 12.1 Å². The molecule has 138 valence electrons. The largest absolute Gasteiger partial charge is 0.449 e. The molecule has 2 aromatic carbocycles. The van der Waals surface area contributed by atoms with Gasteiger partial charge in [-0.15, -0.1) is 0 Å². The van der Waals surface area contributed by atoms with Crippen LogP contribution in [0.2, 0.25) is 0 Å². The molecule has 0 aromatic heterocycles. The van der Waals surface area contributed by atoms with Crippen molar-refractivity contribution >= 4 is 17.6 Å². The topological polar surface area (TPSA) is 55.4 Å². The number of carbonyl (C=O) groups excluding carboxylic acids is 2. The van der Waals surface area contributed by atoms with Crippen molar-refractivity contribution in [2.24, 2.45) is 0 Å². The first-order valence-electron chi connectivity index (χ1n) is 7.22. The van der Waals surface area contributed by atoms with Gasteiger partial charge in [0.25, 0.3) is 5.91 Å². The molecule has 0 bridgehead atoms. The molecule has 26 heavy (non-hydrogen) atoms. The molecule has 2 rings (SSSR count). The predicted molar refractivity (Wildman–Crippen MR) is 81.3 cm³/mol. The van der Waals surface area contributed by atoms with Crippen LogP contribution in [0.5, 0.6) is 0 Å². The Hall–Kier alpha value is -2.97. The van der Waals surface area contributed by atoms with Gasteiger partial charge in [-0.05, 0) is 37.3 Å². The Morgan fingerprint density at radius 1 is 1.04 bits per heavy atom. The van der Waals surface area contributed by atoms with Crippen LogP contribution in [0.1, 0.15) is 22.8 Å². The lowest BCUT2D eigenvalue weighted by atomic mass is 10.1. The average molecular weight is 373 g/mol. The van der Waals surface area contributed by atoms with Gasteiger partial charge in [-0.25, -0.2) is 13.6 Å². The molecule has 9 heteroatoms. The van der Waals surface area contributed by atoms with E-state index in [1.54, 1.807) is 0 Å². The second-order valence-electron chi connectivity index (χ2n) is 5.21. The molecule has 0 saturated heterocycles. The first-order valence-corrected chi connectivity index (χ1v) is 7.22. The van der Waals surface area contributed by atoms with E-state index in [1.165, 1.54) is 0 Å². The Bertz CT molecular complexity index is 815. The van der Waals surface area contributed by atoms with E-state index >= 15 is 0 Å². The zero-order chi connectivity index (χ0) is 19.5. The molecule has 1 N–H and O–H groups in total. The summed E-state index contributed by atoms with van der Waals surface area (Å²) in [6, 6.07) is 6.36. The van der Waals surface area contributed by atoms with Gasteiger partial charge in [-0.3, -0.25) is 4.79 Å². The Kier molecular flexibility index (Phi) is 5.59. The lowest BCUT2D eigenvalue weighted by Gasteiger charge is -2.15. The Balaban J connectivity index is 2.08. The zero-order valence-electron chi connectivity index (χ0n) is 13.2. The third-order valence-corrected chi connectivity index (χ3v) is 3.29. The Morgan fingerprint density at radius 3 is 2.19 bits per heavy atom. The Labute approximate surface area is 144 Å². The number of ether oxygens (including phenoxy) is 1. The van der Waals surface area contributed by atoms with Crippen molar-refractivity contribution in [2.75, 3.05) is 5.32 Å². The van der Waals surface area contributed by atoms with Gasteiger partial charge < -0.3 is 10.1 Å². The number of carbonyl (C=O) groups is 2. The van der Waals surface area contributed by atoms with Crippen LogP contribution in [0, 0.1) is 11.6 Å². The van der Waals surface area contributed by atoms with Crippen LogP contribution in [-0.4, -0.2) is 18.0 Å². The standard InChI is InChI=1S/C17H12F5NO3/c1-9(15(24)23-14-12(18)6-3-7-13(14)19)26-16(25)10-4-2-5-11(8-10)17(20,21)22/h2-9H,1H3,(H,23,24). The highest BCUT2D eigenvalue weighted by atomic mass is 19.4. The van der Waals surface area contributed by atoms with E-state index in [1.807, 2.05) is 5.32 Å². The zero-order valence-corrected chi connectivity index (χ0v) is 13.2. The number of hydrogen-bond acceptors (Lipinski definition) is 3. The number of nitrogens with one attached hydrogen (secondary N) is 1. The van der Waals surface area contributed by atoms with Gasteiger partial charge in [0.1, 0.15) is 17.3 Å². The van der Waals surface area contributed by atoms with Crippen LogP contribution < -0.4 is 5.32 Å². The summed E-state index contributed by atoms with van der Waals surface area (Å²) in [6.45, 7) is 1.11. The van der Waals surface area contributed by atoms with Crippen LogP contribution >= 0.6 is 0 Å². The molecule has 1 atom stereocenters. The lowest BCUT2D eigenvalue weighted by Crippen LogP contribution is -2.30. The number of halogens is 5. The number of esters is 1. The van der Waals surface area contributed by atoms with Gasteiger partial charge in [0, 0.05) is 0 Å². The molecule has 0 aliphatic heterocycles. The molecular weight excluding hydrogens is 361 g/mol. The molecule has 0 spiro atoms. The highest BCUT2D eigenvalue weighted by Crippen LogP contribution is 2.29. The van der Waals surface area contributed by atoms with E-state index in [2.05, 4.69) is 0 Å². The molecule has 2 aromatic rings. The maximum atomic E-state index is 13.5. The molecule has 1 amide bonds. The van der Waals surface area contributed by atoms with Gasteiger partial charge >= 0.3 is 12.1 Å². The molecule has 0 radical (unpaired) electrons. The quantitative estimate of drug-likeness (QED) is 0.647. The third kappa shape index (κ3) is 4.56. The minimum atomic E-state index is -4.65. The molecule has 0 saturated carbocycles. The van der Waals surface area contributed by atoms with E-state index < -0.39 is 52.6 Å². The number of anilines is 1. The maximum Gasteiger partial charge on any atom is 0.416 e. The molecule has 4 nitrogen and oxygen atoms in total. The van der Waals surface area contributed by atoms with Crippen molar-refractivity contribution in [3.05, 3.63) is 65.2 Å². The number of rotatable bonds is 4. The molecule has 0 fully saturated rings. The van der Waals surface area contributed by atoms with Crippen LogP contribution in [0.4, 0.5) is 27.6 Å². The predicted octanol–water partition coefficient (Wildman–Crippen LogP) is 4.17. The van der Waals surface area contributed by atoms with E-state index in [9.17, 15) is 31.5 Å². The first kappa shape index (κ1) is 19.4. The average Bonchev–Trinajstić information content (AvgIpc) is 2.57. The first-order chi connectivity index (χ1) is 12.1. The number of benzene rings is 2. The maximum absolute atomic E-state index is 13.5. The molecule has 1 unspecified atom stereocenters. The van der Waals surface area contributed by atoms with E-state index in [0.29, 0.717) is 6.07 Å². The van der Waals surface area contributed by atoms with Gasteiger partial charge in [0.05, 0.1) is 11.1 Å². The second-order valence-corrected chi connectivity index (χ2v) is 5.21. The molecular formula is C17H12F5NO3. The van der Waals surface area contributed by atoms with Crippen LogP contribution in [0.25, 0.3) is 0 Å². The number of alkyl halides is 3. The molecule has 0 aliphatic rings. The number of hydrogen-bond donors (Lipinski definition) is 1. The number of para-hydroxylation sites is 1. The smallest absolute Gasteiger partial charge is 0.416 e. The van der Waals surface area contributed by atoms with Gasteiger partial charge in [0.2, 0.25) is 0 Å². The van der Waals surface area contributed by atoms with Crippen LogP contribution in [0.3, 0.4) is 0 Å². The van der Waals surface area contributed by atoms with Crippen molar-refractivity contribution in [2.45, 2.75) is 19.2 Å².